The Morgan fingerprint density at radius 1 is 1.06 bits per heavy atom. The Morgan fingerprint density at radius 2 is 1.59 bits per heavy atom. The van der Waals surface area contributed by atoms with Crippen molar-refractivity contribution in [2.75, 3.05) is 4.90 Å². The van der Waals surface area contributed by atoms with Gasteiger partial charge in [-0.05, 0) is 12.1 Å². The van der Waals surface area contributed by atoms with Gasteiger partial charge in [-0.2, -0.15) is 0 Å². The summed E-state index contributed by atoms with van der Waals surface area (Å²) in [5.74, 6) is -3.51. The maximum atomic E-state index is 13.5. The highest BCUT2D eigenvalue weighted by atomic mass is 19.1. The Morgan fingerprint density at radius 3 is 2.06 bits per heavy atom. The predicted octanol–water partition coefficient (Wildman–Crippen LogP) is 2.11. The van der Waals surface area contributed by atoms with Gasteiger partial charge in [-0.3, -0.25) is 9.59 Å². The molecule has 90 valence electrons. The maximum Gasteiger partial charge on any atom is 0.237 e. The predicted molar refractivity (Wildman–Crippen MR) is 57.2 cm³/mol. The SMILES string of the molecule is CC1C(=O)N(c2ccc(F)cc2F)C(=O)C1C. The van der Waals surface area contributed by atoms with Crippen LogP contribution in [0, 0.1) is 23.5 Å². The lowest BCUT2D eigenvalue weighted by Gasteiger charge is -2.15. The summed E-state index contributed by atoms with van der Waals surface area (Å²) in [6.07, 6.45) is 0. The lowest BCUT2D eigenvalue weighted by molar-refractivity contribution is -0.122. The van der Waals surface area contributed by atoms with E-state index >= 15 is 0 Å². The molecule has 0 aromatic heterocycles. The van der Waals surface area contributed by atoms with E-state index < -0.39 is 35.3 Å². The molecule has 1 aliphatic rings. The van der Waals surface area contributed by atoms with Gasteiger partial charge in [-0.25, -0.2) is 13.7 Å². The molecular weight excluding hydrogens is 228 g/mol. The molecule has 2 unspecified atom stereocenters. The molecule has 0 spiro atoms. The maximum absolute atomic E-state index is 13.5. The van der Waals surface area contributed by atoms with E-state index in [1.165, 1.54) is 0 Å². The number of halogens is 2. The van der Waals surface area contributed by atoms with E-state index in [1.807, 2.05) is 0 Å². The van der Waals surface area contributed by atoms with Crippen LogP contribution in [-0.4, -0.2) is 11.8 Å². The molecule has 1 heterocycles. The van der Waals surface area contributed by atoms with Crippen molar-refractivity contribution in [3.63, 3.8) is 0 Å². The molecule has 17 heavy (non-hydrogen) atoms. The summed E-state index contributed by atoms with van der Waals surface area (Å²) in [6.45, 7) is 3.23. The van der Waals surface area contributed by atoms with Crippen LogP contribution in [0.3, 0.4) is 0 Å². The van der Waals surface area contributed by atoms with E-state index in [9.17, 15) is 18.4 Å². The summed E-state index contributed by atoms with van der Waals surface area (Å²) in [5.41, 5.74) is -0.183. The fourth-order valence-corrected chi connectivity index (χ4v) is 1.84. The molecule has 2 atom stereocenters. The van der Waals surface area contributed by atoms with Crippen LogP contribution in [0.1, 0.15) is 13.8 Å². The van der Waals surface area contributed by atoms with Gasteiger partial charge in [-0.15, -0.1) is 0 Å². The van der Waals surface area contributed by atoms with Crippen molar-refractivity contribution in [2.45, 2.75) is 13.8 Å². The van der Waals surface area contributed by atoms with Crippen molar-refractivity contribution < 1.29 is 18.4 Å². The van der Waals surface area contributed by atoms with Gasteiger partial charge >= 0.3 is 0 Å². The lowest BCUT2D eigenvalue weighted by Crippen LogP contribution is -2.31. The second kappa shape index (κ2) is 3.91. The number of nitrogens with zero attached hydrogens (tertiary/aromatic N) is 1. The monoisotopic (exact) mass is 239 g/mol. The molecule has 0 bridgehead atoms. The summed E-state index contributed by atoms with van der Waals surface area (Å²) in [4.78, 5) is 24.4. The zero-order chi connectivity index (χ0) is 12.7. The third-order valence-electron chi connectivity index (χ3n) is 3.12. The van der Waals surface area contributed by atoms with Crippen molar-refractivity contribution in [3.8, 4) is 0 Å². The van der Waals surface area contributed by atoms with E-state index in [0.717, 1.165) is 17.0 Å². The minimum atomic E-state index is -0.909. The van der Waals surface area contributed by atoms with Crippen LogP contribution in [-0.2, 0) is 9.59 Å². The van der Waals surface area contributed by atoms with Crippen LogP contribution in [0.5, 0.6) is 0 Å². The van der Waals surface area contributed by atoms with E-state index in [-0.39, 0.29) is 5.69 Å². The smallest absolute Gasteiger partial charge is 0.237 e. The largest absolute Gasteiger partial charge is 0.274 e. The lowest BCUT2D eigenvalue weighted by atomic mass is 10.00. The van der Waals surface area contributed by atoms with Crippen LogP contribution < -0.4 is 4.90 Å². The molecular formula is C12H11F2NO2. The Kier molecular flexibility index (Phi) is 2.69. The van der Waals surface area contributed by atoms with E-state index in [4.69, 9.17) is 0 Å². The number of carbonyl (C=O) groups is 2. The quantitative estimate of drug-likeness (QED) is 0.704. The average molecular weight is 239 g/mol. The normalized spacial score (nSPS) is 24.6. The summed E-state index contributed by atoms with van der Waals surface area (Å²) in [6, 6.07) is 2.78. The van der Waals surface area contributed by atoms with Crippen molar-refractivity contribution in [1.82, 2.24) is 0 Å². The fourth-order valence-electron chi connectivity index (χ4n) is 1.84. The van der Waals surface area contributed by atoms with Crippen molar-refractivity contribution in [3.05, 3.63) is 29.8 Å². The van der Waals surface area contributed by atoms with E-state index in [1.54, 1.807) is 13.8 Å². The second-order valence-electron chi connectivity index (χ2n) is 4.18. The minimum Gasteiger partial charge on any atom is -0.274 e. The van der Waals surface area contributed by atoms with Gasteiger partial charge in [0.1, 0.15) is 11.6 Å². The molecule has 2 amide bonds. The first-order valence-electron chi connectivity index (χ1n) is 5.26. The summed E-state index contributed by atoms with van der Waals surface area (Å²) >= 11 is 0. The Bertz CT molecular complexity index is 481. The number of benzene rings is 1. The molecule has 1 aliphatic heterocycles. The third-order valence-corrected chi connectivity index (χ3v) is 3.12. The van der Waals surface area contributed by atoms with Gasteiger partial charge in [0.15, 0.2) is 0 Å². The molecule has 0 aliphatic carbocycles. The summed E-state index contributed by atoms with van der Waals surface area (Å²) in [7, 11) is 0. The Hall–Kier alpha value is -1.78. The first-order valence-corrected chi connectivity index (χ1v) is 5.26. The number of rotatable bonds is 1. The van der Waals surface area contributed by atoms with E-state index in [0.29, 0.717) is 6.07 Å². The van der Waals surface area contributed by atoms with Crippen LogP contribution >= 0.6 is 0 Å². The van der Waals surface area contributed by atoms with Gasteiger partial charge in [0, 0.05) is 17.9 Å². The van der Waals surface area contributed by atoms with Gasteiger partial charge in [0.2, 0.25) is 11.8 Å². The molecule has 0 radical (unpaired) electrons. The third kappa shape index (κ3) is 1.71. The molecule has 1 aromatic carbocycles. The number of carbonyl (C=O) groups excluding carboxylic acids is 2. The number of hydrogen-bond donors (Lipinski definition) is 0. The molecule has 1 saturated heterocycles. The number of anilines is 1. The van der Waals surface area contributed by atoms with E-state index in [2.05, 4.69) is 0 Å². The zero-order valence-electron chi connectivity index (χ0n) is 9.41. The molecule has 0 N–H and O–H groups in total. The first-order chi connectivity index (χ1) is 7.93. The van der Waals surface area contributed by atoms with Gasteiger partial charge < -0.3 is 0 Å². The number of imide groups is 1. The fraction of sp³-hybridized carbons (Fsp3) is 0.333. The number of hydrogen-bond acceptors (Lipinski definition) is 2. The van der Waals surface area contributed by atoms with Crippen molar-refractivity contribution in [2.24, 2.45) is 11.8 Å². The average Bonchev–Trinajstić information content (AvgIpc) is 2.45. The topological polar surface area (TPSA) is 37.4 Å². The zero-order valence-corrected chi connectivity index (χ0v) is 9.41. The first kappa shape index (κ1) is 11.7. The highest BCUT2D eigenvalue weighted by Gasteiger charge is 2.43. The summed E-state index contributed by atoms with van der Waals surface area (Å²) < 4.78 is 26.3. The molecule has 3 nitrogen and oxygen atoms in total. The molecule has 5 heteroatoms. The van der Waals surface area contributed by atoms with Gasteiger partial charge in [-0.1, -0.05) is 13.8 Å². The van der Waals surface area contributed by atoms with Crippen LogP contribution in [0.15, 0.2) is 18.2 Å². The highest BCUT2D eigenvalue weighted by Crippen LogP contribution is 2.32. The molecule has 2 rings (SSSR count). The molecule has 1 fully saturated rings. The second-order valence-corrected chi connectivity index (χ2v) is 4.18. The van der Waals surface area contributed by atoms with Crippen LogP contribution in [0.4, 0.5) is 14.5 Å². The number of amides is 2. The van der Waals surface area contributed by atoms with Gasteiger partial charge in [0.05, 0.1) is 5.69 Å². The standard InChI is InChI=1S/C12H11F2NO2/c1-6-7(2)12(17)15(11(6)16)10-4-3-8(13)5-9(10)14/h3-7H,1-2H3. The van der Waals surface area contributed by atoms with Crippen molar-refractivity contribution >= 4 is 17.5 Å². The molecule has 0 saturated carbocycles. The Labute approximate surface area is 97.0 Å². The van der Waals surface area contributed by atoms with Crippen molar-refractivity contribution in [1.29, 1.82) is 0 Å². The minimum absolute atomic E-state index is 0.183. The molecule has 1 aromatic rings. The highest BCUT2D eigenvalue weighted by molar-refractivity contribution is 6.21. The van der Waals surface area contributed by atoms with Crippen LogP contribution in [0.25, 0.3) is 0 Å². The van der Waals surface area contributed by atoms with Gasteiger partial charge in [0.25, 0.3) is 0 Å². The summed E-state index contributed by atoms with van der Waals surface area (Å²) in [5, 5.41) is 0. The van der Waals surface area contributed by atoms with Crippen LogP contribution in [0.2, 0.25) is 0 Å². The Balaban J connectivity index is 2.47.